The molecule has 3 rings (SSSR count). The minimum Gasteiger partial charge on any atom is -0.489 e. The van der Waals surface area contributed by atoms with Crippen LogP contribution in [0.25, 0.3) is 0 Å². The lowest BCUT2D eigenvalue weighted by Gasteiger charge is -2.14. The zero-order valence-electron chi connectivity index (χ0n) is 17.2. The standard InChI is InChI=1S/C23H24N2O5/c1-15(18-7-5-4-6-8-18)24-22(26)14-29-23(27)19-9-11-20(12-10-19)28-13-21-16(2)25-30-17(21)3/h4-12,15H,13-14H2,1-3H3,(H,24,26)/t15-/m0/s1. The first-order valence-corrected chi connectivity index (χ1v) is 9.60. The molecular weight excluding hydrogens is 384 g/mol. The molecule has 1 N–H and O–H groups in total. The van der Waals surface area contributed by atoms with Crippen molar-refractivity contribution < 1.29 is 23.6 Å². The number of nitrogens with one attached hydrogen (secondary N) is 1. The number of carbonyl (C=O) groups is 2. The zero-order valence-corrected chi connectivity index (χ0v) is 17.2. The van der Waals surface area contributed by atoms with Gasteiger partial charge in [0.1, 0.15) is 18.1 Å². The summed E-state index contributed by atoms with van der Waals surface area (Å²) < 4.78 is 15.9. The monoisotopic (exact) mass is 408 g/mol. The number of esters is 1. The molecule has 0 spiro atoms. The summed E-state index contributed by atoms with van der Waals surface area (Å²) in [7, 11) is 0. The van der Waals surface area contributed by atoms with Crippen LogP contribution in [-0.4, -0.2) is 23.6 Å². The van der Waals surface area contributed by atoms with E-state index in [1.165, 1.54) is 0 Å². The number of ether oxygens (including phenoxy) is 2. The third kappa shape index (κ3) is 5.47. The summed E-state index contributed by atoms with van der Waals surface area (Å²) in [6.07, 6.45) is 0. The van der Waals surface area contributed by atoms with E-state index in [4.69, 9.17) is 14.0 Å². The molecule has 1 amide bonds. The van der Waals surface area contributed by atoms with Crippen molar-refractivity contribution in [3.63, 3.8) is 0 Å². The lowest BCUT2D eigenvalue weighted by molar-refractivity contribution is -0.124. The van der Waals surface area contributed by atoms with E-state index in [-0.39, 0.29) is 18.6 Å². The van der Waals surface area contributed by atoms with Crippen molar-refractivity contribution in [1.82, 2.24) is 10.5 Å². The van der Waals surface area contributed by atoms with Crippen molar-refractivity contribution >= 4 is 11.9 Å². The van der Waals surface area contributed by atoms with Gasteiger partial charge < -0.3 is 19.3 Å². The molecule has 156 valence electrons. The van der Waals surface area contributed by atoms with E-state index in [0.717, 1.165) is 16.8 Å². The number of amides is 1. The smallest absolute Gasteiger partial charge is 0.338 e. The summed E-state index contributed by atoms with van der Waals surface area (Å²) in [5.74, 6) is 0.377. The molecule has 0 bridgehead atoms. The van der Waals surface area contributed by atoms with E-state index in [9.17, 15) is 9.59 Å². The Morgan fingerprint density at radius 2 is 1.77 bits per heavy atom. The number of rotatable bonds is 8. The van der Waals surface area contributed by atoms with Gasteiger partial charge in [-0.05, 0) is 50.6 Å². The normalized spacial score (nSPS) is 11.6. The molecule has 1 atom stereocenters. The molecule has 0 aliphatic rings. The van der Waals surface area contributed by atoms with E-state index in [1.807, 2.05) is 51.1 Å². The molecule has 0 aliphatic carbocycles. The Bertz CT molecular complexity index is 977. The van der Waals surface area contributed by atoms with Gasteiger partial charge >= 0.3 is 5.97 Å². The largest absolute Gasteiger partial charge is 0.489 e. The number of carbonyl (C=O) groups excluding carboxylic acids is 2. The van der Waals surface area contributed by atoms with Crippen LogP contribution >= 0.6 is 0 Å². The van der Waals surface area contributed by atoms with Gasteiger partial charge in [0, 0.05) is 0 Å². The lowest BCUT2D eigenvalue weighted by Crippen LogP contribution is -2.31. The van der Waals surface area contributed by atoms with E-state index in [1.54, 1.807) is 24.3 Å². The molecule has 0 unspecified atom stereocenters. The second kappa shape index (κ2) is 9.73. The third-order valence-corrected chi connectivity index (χ3v) is 4.67. The highest BCUT2D eigenvalue weighted by molar-refractivity contribution is 5.91. The molecule has 7 heteroatoms. The summed E-state index contributed by atoms with van der Waals surface area (Å²) in [6.45, 7) is 5.53. The molecule has 0 saturated carbocycles. The predicted octanol–water partition coefficient (Wildman–Crippen LogP) is 3.90. The van der Waals surface area contributed by atoms with E-state index < -0.39 is 5.97 Å². The zero-order chi connectivity index (χ0) is 21.5. The van der Waals surface area contributed by atoms with E-state index >= 15 is 0 Å². The SMILES string of the molecule is Cc1noc(C)c1COc1ccc(C(=O)OCC(=O)N[C@@H](C)c2ccccc2)cc1. The molecule has 0 fully saturated rings. The maximum Gasteiger partial charge on any atom is 0.338 e. The highest BCUT2D eigenvalue weighted by Gasteiger charge is 2.14. The lowest BCUT2D eigenvalue weighted by atomic mass is 10.1. The number of aromatic nitrogens is 1. The van der Waals surface area contributed by atoms with Gasteiger partial charge in [0.2, 0.25) is 0 Å². The van der Waals surface area contributed by atoms with Crippen LogP contribution in [0.4, 0.5) is 0 Å². The average Bonchev–Trinajstić information content (AvgIpc) is 3.08. The predicted molar refractivity (Wildman–Crippen MR) is 110 cm³/mol. The highest BCUT2D eigenvalue weighted by atomic mass is 16.5. The summed E-state index contributed by atoms with van der Waals surface area (Å²) in [5, 5.41) is 6.69. The van der Waals surface area contributed by atoms with Crippen molar-refractivity contribution in [2.45, 2.75) is 33.4 Å². The molecule has 3 aromatic rings. The van der Waals surface area contributed by atoms with Crippen molar-refractivity contribution in [2.24, 2.45) is 0 Å². The Morgan fingerprint density at radius 1 is 1.07 bits per heavy atom. The first kappa shape index (κ1) is 21.1. The van der Waals surface area contributed by atoms with Crippen LogP contribution < -0.4 is 10.1 Å². The molecular formula is C23H24N2O5. The van der Waals surface area contributed by atoms with Gasteiger partial charge in [-0.3, -0.25) is 4.79 Å². The van der Waals surface area contributed by atoms with Crippen LogP contribution in [0.5, 0.6) is 5.75 Å². The Balaban J connectivity index is 1.46. The van der Waals surface area contributed by atoms with Gasteiger partial charge in [-0.2, -0.15) is 0 Å². The van der Waals surface area contributed by atoms with Gasteiger partial charge in [-0.1, -0.05) is 35.5 Å². The molecule has 0 aliphatic heterocycles. The van der Waals surface area contributed by atoms with Gasteiger partial charge in [0.25, 0.3) is 5.91 Å². The third-order valence-electron chi connectivity index (χ3n) is 4.67. The Kier molecular flexibility index (Phi) is 6.85. The first-order chi connectivity index (χ1) is 14.4. The number of hydrogen-bond acceptors (Lipinski definition) is 6. The molecule has 7 nitrogen and oxygen atoms in total. The molecule has 0 radical (unpaired) electrons. The summed E-state index contributed by atoms with van der Waals surface area (Å²) >= 11 is 0. The fourth-order valence-corrected chi connectivity index (χ4v) is 2.87. The second-order valence-corrected chi connectivity index (χ2v) is 6.89. The van der Waals surface area contributed by atoms with Crippen LogP contribution in [0.1, 0.15) is 45.9 Å². The maximum atomic E-state index is 12.2. The van der Waals surface area contributed by atoms with Crippen molar-refractivity contribution in [3.8, 4) is 5.75 Å². The number of hydrogen-bond donors (Lipinski definition) is 1. The quantitative estimate of drug-likeness (QED) is 0.569. The van der Waals surface area contributed by atoms with Crippen LogP contribution in [0, 0.1) is 13.8 Å². The van der Waals surface area contributed by atoms with Crippen molar-refractivity contribution in [1.29, 1.82) is 0 Å². The first-order valence-electron chi connectivity index (χ1n) is 9.60. The van der Waals surface area contributed by atoms with Gasteiger partial charge in [0.05, 0.1) is 22.9 Å². The van der Waals surface area contributed by atoms with Crippen LogP contribution in [0.15, 0.2) is 59.1 Å². The topological polar surface area (TPSA) is 90.7 Å². The summed E-state index contributed by atoms with van der Waals surface area (Å²) in [6, 6.07) is 15.9. The average molecular weight is 408 g/mol. The minimum atomic E-state index is -0.574. The second-order valence-electron chi connectivity index (χ2n) is 6.89. The molecule has 30 heavy (non-hydrogen) atoms. The maximum absolute atomic E-state index is 12.2. The van der Waals surface area contributed by atoms with E-state index in [0.29, 0.717) is 23.7 Å². The Hall–Kier alpha value is -3.61. The number of nitrogens with zero attached hydrogens (tertiary/aromatic N) is 1. The van der Waals surface area contributed by atoms with Gasteiger partial charge in [0.15, 0.2) is 6.61 Å². The van der Waals surface area contributed by atoms with Gasteiger partial charge in [-0.25, -0.2) is 4.79 Å². The highest BCUT2D eigenvalue weighted by Crippen LogP contribution is 2.18. The van der Waals surface area contributed by atoms with Crippen molar-refractivity contribution in [3.05, 3.63) is 82.7 Å². The fourth-order valence-electron chi connectivity index (χ4n) is 2.87. The van der Waals surface area contributed by atoms with E-state index in [2.05, 4.69) is 10.5 Å². The number of benzene rings is 2. The molecule has 1 aromatic heterocycles. The van der Waals surface area contributed by atoms with Crippen LogP contribution in [0.2, 0.25) is 0 Å². The summed E-state index contributed by atoms with van der Waals surface area (Å²) in [5.41, 5.74) is 3.00. The minimum absolute atomic E-state index is 0.175. The van der Waals surface area contributed by atoms with Crippen molar-refractivity contribution in [2.75, 3.05) is 6.61 Å². The van der Waals surface area contributed by atoms with Gasteiger partial charge in [-0.15, -0.1) is 0 Å². The molecule has 1 heterocycles. The Labute approximate surface area is 175 Å². The van der Waals surface area contributed by atoms with Crippen LogP contribution in [0.3, 0.4) is 0 Å². The summed E-state index contributed by atoms with van der Waals surface area (Å²) in [4.78, 5) is 24.2. The molecule has 0 saturated heterocycles. The fraction of sp³-hybridized carbons (Fsp3) is 0.261. The van der Waals surface area contributed by atoms with Crippen LogP contribution in [-0.2, 0) is 16.1 Å². The number of aryl methyl sites for hydroxylation is 2. The Morgan fingerprint density at radius 3 is 2.40 bits per heavy atom. The molecule has 2 aromatic carbocycles.